The molecule has 4 heterocycles. The summed E-state index contributed by atoms with van der Waals surface area (Å²) < 4.78 is 9.29. The number of halogens is 2. The molecule has 0 unspecified atom stereocenters. The summed E-state index contributed by atoms with van der Waals surface area (Å²) in [6, 6.07) is 15.7. The Hall–Kier alpha value is -3.00. The van der Waals surface area contributed by atoms with Gasteiger partial charge in [-0.05, 0) is 75.2 Å². The largest absolute Gasteiger partial charge is 0.436 e. The van der Waals surface area contributed by atoms with Gasteiger partial charge in [0.05, 0.1) is 6.04 Å². The van der Waals surface area contributed by atoms with E-state index >= 15 is 0 Å². The fraction of sp³-hybridized carbons (Fsp3) is 0.515. The molecule has 0 spiro atoms. The van der Waals surface area contributed by atoms with Crippen molar-refractivity contribution >= 4 is 43.9 Å². The van der Waals surface area contributed by atoms with E-state index in [1.165, 1.54) is 4.68 Å². The van der Waals surface area contributed by atoms with Crippen molar-refractivity contribution in [1.82, 2.24) is 34.8 Å². The average Bonchev–Trinajstić information content (AvgIpc) is 3.48. The number of benzene rings is 2. The second-order valence-corrected chi connectivity index (χ2v) is 13.7. The van der Waals surface area contributed by atoms with E-state index < -0.39 is 12.2 Å². The highest BCUT2D eigenvalue weighted by Crippen LogP contribution is 2.27. The molecule has 2 aromatic carbocycles. The molecule has 13 heteroatoms. The van der Waals surface area contributed by atoms with Gasteiger partial charge in [-0.25, -0.2) is 14.3 Å². The summed E-state index contributed by atoms with van der Waals surface area (Å²) in [6.45, 7) is 6.21. The van der Waals surface area contributed by atoms with Crippen molar-refractivity contribution in [3.05, 3.63) is 73.5 Å². The normalized spacial score (nSPS) is 19.0. The number of H-pyrrole nitrogens is 1. The van der Waals surface area contributed by atoms with E-state index in [4.69, 9.17) is 4.74 Å². The van der Waals surface area contributed by atoms with Crippen LogP contribution in [0.15, 0.2) is 62.3 Å². The molecule has 248 valence electrons. The first-order valence-electron chi connectivity index (χ1n) is 15.7. The maximum atomic E-state index is 13.9. The highest BCUT2D eigenvalue weighted by molar-refractivity contribution is 9.13. The molecule has 3 saturated heterocycles. The zero-order valence-electron chi connectivity index (χ0n) is 25.2. The second-order valence-electron chi connectivity index (χ2n) is 12.0. The Morgan fingerprint density at radius 1 is 0.870 bits per heavy atom. The molecule has 2 N–H and O–H groups in total. The van der Waals surface area contributed by atoms with Crippen LogP contribution in [0.5, 0.6) is 0 Å². The number of nitrogens with zero attached hydrogens (tertiary/aromatic N) is 5. The van der Waals surface area contributed by atoms with Crippen LogP contribution in [-0.4, -0.2) is 106 Å². The van der Waals surface area contributed by atoms with Crippen molar-refractivity contribution in [3.63, 3.8) is 0 Å². The molecule has 3 aromatic rings. The number of piperazine rings is 1. The van der Waals surface area contributed by atoms with Crippen LogP contribution in [0.3, 0.4) is 0 Å². The molecule has 2 amide bonds. The monoisotopic (exact) mass is 759 g/mol. The third-order valence-electron chi connectivity index (χ3n) is 9.12. The number of nitrogens with one attached hydrogen (secondary N) is 2. The van der Waals surface area contributed by atoms with Gasteiger partial charge in [0.2, 0.25) is 0 Å². The number of amides is 2. The Morgan fingerprint density at radius 3 is 2.20 bits per heavy atom. The number of rotatable bonds is 7. The van der Waals surface area contributed by atoms with E-state index in [1.807, 2.05) is 53.4 Å². The van der Waals surface area contributed by atoms with Gasteiger partial charge in [-0.2, -0.15) is 0 Å². The minimum absolute atomic E-state index is 0. The number of likely N-dealkylation sites (tertiary alicyclic amines) is 2. The number of aromatic nitrogens is 3. The van der Waals surface area contributed by atoms with Crippen LogP contribution in [-0.2, 0) is 16.0 Å². The van der Waals surface area contributed by atoms with Gasteiger partial charge in [0, 0.05) is 79.3 Å². The van der Waals surface area contributed by atoms with Gasteiger partial charge in [-0.15, -0.1) is 5.10 Å². The number of hydrogen-bond donors (Lipinski definition) is 2. The highest BCUT2D eigenvalue weighted by Gasteiger charge is 2.35. The summed E-state index contributed by atoms with van der Waals surface area (Å²) in [5.41, 5.74) is 1.48. The van der Waals surface area contributed by atoms with Crippen LogP contribution in [0.2, 0.25) is 0 Å². The number of hydrogen-bond acceptors (Lipinski definition) is 7. The highest BCUT2D eigenvalue weighted by atomic mass is 79.9. The molecule has 11 nitrogen and oxygen atoms in total. The number of carbonyl (C=O) groups is 2. The molecule has 6 rings (SSSR count). The molecule has 0 bridgehead atoms. The lowest BCUT2D eigenvalue weighted by molar-refractivity contribution is -0.142. The first kappa shape index (κ1) is 34.3. The molecule has 46 heavy (non-hydrogen) atoms. The minimum Gasteiger partial charge on any atom is -0.436 e. The standard InChI is InChI=1S/C32H39Br2N7O4.CH4/c33-26-7-6-22(20-27(26)34)21-28(30(42)39-14-8-24(9-15-39)38-18-12-35-13-19-38)45-32(44)40-16-10-25(11-17-40)41-31(43)36-29(37-41)23-4-2-1-3-5-23;/h1-7,20,24-25,28,35H,8-19,21H2,(H,36,37,43);1H4/t28-;/m1./s1. The lowest BCUT2D eigenvalue weighted by Crippen LogP contribution is -2.54. The summed E-state index contributed by atoms with van der Waals surface area (Å²) >= 11 is 7.06. The fourth-order valence-corrected chi connectivity index (χ4v) is 7.23. The lowest BCUT2D eigenvalue weighted by Gasteiger charge is -2.41. The van der Waals surface area contributed by atoms with Crippen LogP contribution < -0.4 is 11.0 Å². The number of carbonyl (C=O) groups excluding carboxylic acids is 2. The predicted molar refractivity (Wildman–Crippen MR) is 185 cm³/mol. The molecule has 0 saturated carbocycles. The maximum absolute atomic E-state index is 13.9. The molecule has 3 fully saturated rings. The van der Waals surface area contributed by atoms with Crippen molar-refractivity contribution in [3.8, 4) is 11.4 Å². The Kier molecular flexibility index (Phi) is 11.7. The van der Waals surface area contributed by atoms with Crippen LogP contribution in [0.4, 0.5) is 4.79 Å². The summed E-state index contributed by atoms with van der Waals surface area (Å²) in [6.07, 6.45) is 1.82. The van der Waals surface area contributed by atoms with Crippen molar-refractivity contribution in [1.29, 1.82) is 0 Å². The molecular formula is C33H43Br2N7O4. The van der Waals surface area contributed by atoms with Crippen molar-refractivity contribution in [2.45, 2.75) is 57.7 Å². The third kappa shape index (κ3) is 8.10. The number of ether oxygens (including phenoxy) is 1. The quantitative estimate of drug-likeness (QED) is 0.360. The Balaban J connectivity index is 0.00000417. The molecule has 1 aromatic heterocycles. The van der Waals surface area contributed by atoms with E-state index in [1.54, 1.807) is 4.90 Å². The van der Waals surface area contributed by atoms with E-state index in [0.29, 0.717) is 50.9 Å². The van der Waals surface area contributed by atoms with Crippen LogP contribution in [0.25, 0.3) is 11.4 Å². The van der Waals surface area contributed by atoms with Crippen LogP contribution in [0, 0.1) is 0 Å². The fourth-order valence-electron chi connectivity index (χ4n) is 6.56. The summed E-state index contributed by atoms with van der Waals surface area (Å²) in [5.74, 6) is 0.382. The van der Waals surface area contributed by atoms with Gasteiger partial charge < -0.3 is 19.9 Å². The van der Waals surface area contributed by atoms with Gasteiger partial charge in [0.25, 0.3) is 5.91 Å². The summed E-state index contributed by atoms with van der Waals surface area (Å²) in [7, 11) is 0. The predicted octanol–water partition coefficient (Wildman–Crippen LogP) is 4.68. The van der Waals surface area contributed by atoms with E-state index in [0.717, 1.165) is 59.1 Å². The minimum atomic E-state index is -0.929. The molecule has 3 aliphatic heterocycles. The third-order valence-corrected chi connectivity index (χ3v) is 11.0. The van der Waals surface area contributed by atoms with E-state index in [2.05, 4.69) is 52.2 Å². The Labute approximate surface area is 286 Å². The van der Waals surface area contributed by atoms with Crippen LogP contribution >= 0.6 is 31.9 Å². The maximum Gasteiger partial charge on any atom is 0.410 e. The summed E-state index contributed by atoms with van der Waals surface area (Å²) in [4.78, 5) is 49.0. The molecule has 1 atom stereocenters. The first-order valence-corrected chi connectivity index (χ1v) is 17.3. The number of piperidine rings is 2. The molecule has 0 aliphatic carbocycles. The van der Waals surface area contributed by atoms with Gasteiger partial charge in [0.15, 0.2) is 11.9 Å². The number of aromatic amines is 1. The Bertz CT molecular complexity index is 1530. The Morgan fingerprint density at radius 2 is 1.52 bits per heavy atom. The summed E-state index contributed by atoms with van der Waals surface area (Å²) in [5, 5.41) is 7.95. The molecule has 3 aliphatic rings. The lowest BCUT2D eigenvalue weighted by atomic mass is 10.0. The zero-order valence-corrected chi connectivity index (χ0v) is 28.3. The van der Waals surface area contributed by atoms with Gasteiger partial charge in [0.1, 0.15) is 0 Å². The van der Waals surface area contributed by atoms with Crippen LogP contribution in [0.1, 0.15) is 44.7 Å². The van der Waals surface area contributed by atoms with Crippen molar-refractivity contribution in [2.24, 2.45) is 0 Å². The second kappa shape index (κ2) is 15.7. The van der Waals surface area contributed by atoms with E-state index in [9.17, 15) is 14.4 Å². The van der Waals surface area contributed by atoms with Gasteiger partial charge >= 0.3 is 11.8 Å². The van der Waals surface area contributed by atoms with Gasteiger partial charge in [-0.1, -0.05) is 43.8 Å². The van der Waals surface area contributed by atoms with Crippen molar-refractivity contribution < 1.29 is 14.3 Å². The zero-order chi connectivity index (χ0) is 31.3. The smallest absolute Gasteiger partial charge is 0.410 e. The van der Waals surface area contributed by atoms with Crippen molar-refractivity contribution in [2.75, 3.05) is 52.4 Å². The topological polar surface area (TPSA) is 116 Å². The molecular weight excluding hydrogens is 718 g/mol. The van der Waals surface area contributed by atoms with Gasteiger partial charge in [-0.3, -0.25) is 14.7 Å². The first-order chi connectivity index (χ1) is 21.9. The van der Waals surface area contributed by atoms with E-state index in [-0.39, 0.29) is 31.5 Å². The average molecular weight is 762 g/mol. The molecule has 0 radical (unpaired) electrons. The SMILES string of the molecule is C.O=C(O[C@H](Cc1ccc(Br)c(Br)c1)C(=O)N1CCC(N2CCNCC2)CC1)N1CCC(n2nc(-c3ccccc3)[nH]c2=O)CC1.